The first-order chi connectivity index (χ1) is 9.88. The van der Waals surface area contributed by atoms with Crippen molar-refractivity contribution in [3.05, 3.63) is 30.5 Å². The Morgan fingerprint density at radius 2 is 2.35 bits per heavy atom. The van der Waals surface area contributed by atoms with E-state index >= 15 is 0 Å². The van der Waals surface area contributed by atoms with Crippen molar-refractivity contribution in [3.8, 4) is 5.75 Å². The number of nitrogens with one attached hydrogen (secondary N) is 2. The number of fused-ring (bicyclic) bond motifs is 1. The fourth-order valence-corrected chi connectivity index (χ4v) is 2.46. The van der Waals surface area contributed by atoms with Gasteiger partial charge in [0.15, 0.2) is 0 Å². The molecule has 0 radical (unpaired) electrons. The predicted molar refractivity (Wildman–Crippen MR) is 79.4 cm³/mol. The number of ether oxygens (including phenoxy) is 2. The van der Waals surface area contributed by atoms with Crippen molar-refractivity contribution < 1.29 is 9.47 Å². The van der Waals surface area contributed by atoms with Crippen molar-refractivity contribution in [1.29, 1.82) is 0 Å². The number of hydrogen-bond acceptors (Lipinski definition) is 5. The number of nitrogens with zero attached hydrogens (tertiary/aromatic N) is 1. The van der Waals surface area contributed by atoms with Crippen molar-refractivity contribution in [3.63, 3.8) is 0 Å². The zero-order valence-electron chi connectivity index (χ0n) is 11.6. The summed E-state index contributed by atoms with van der Waals surface area (Å²) in [5, 5.41) is 8.83. The molecule has 0 saturated carbocycles. The molecule has 1 aromatic heterocycles. The van der Waals surface area contributed by atoms with E-state index in [0.29, 0.717) is 0 Å². The first-order valence-electron chi connectivity index (χ1n) is 6.86. The highest BCUT2D eigenvalue weighted by Crippen LogP contribution is 2.28. The minimum atomic E-state index is 0.186. The van der Waals surface area contributed by atoms with E-state index in [4.69, 9.17) is 9.47 Å². The molecule has 1 aliphatic heterocycles. The van der Waals surface area contributed by atoms with E-state index in [1.54, 1.807) is 13.3 Å². The summed E-state index contributed by atoms with van der Waals surface area (Å²) in [6, 6.07) is 7.96. The van der Waals surface area contributed by atoms with Gasteiger partial charge in [0.25, 0.3) is 0 Å². The van der Waals surface area contributed by atoms with Gasteiger partial charge in [0, 0.05) is 36.6 Å². The maximum atomic E-state index is 5.68. The molecule has 1 aliphatic rings. The van der Waals surface area contributed by atoms with Gasteiger partial charge in [-0.25, -0.2) is 4.98 Å². The average Bonchev–Trinajstić information content (AvgIpc) is 2.53. The fourth-order valence-electron chi connectivity index (χ4n) is 2.46. The van der Waals surface area contributed by atoms with Crippen molar-refractivity contribution >= 4 is 16.6 Å². The molecule has 5 nitrogen and oxygen atoms in total. The minimum Gasteiger partial charge on any atom is -0.496 e. The van der Waals surface area contributed by atoms with Gasteiger partial charge in [-0.3, -0.25) is 0 Å². The molecule has 1 unspecified atom stereocenters. The molecule has 1 fully saturated rings. The van der Waals surface area contributed by atoms with Gasteiger partial charge in [-0.15, -0.1) is 0 Å². The Morgan fingerprint density at radius 1 is 1.40 bits per heavy atom. The molecule has 3 rings (SSSR count). The summed E-state index contributed by atoms with van der Waals surface area (Å²) in [5.74, 6) is 1.74. The van der Waals surface area contributed by atoms with Gasteiger partial charge in [0.2, 0.25) is 0 Å². The van der Waals surface area contributed by atoms with Gasteiger partial charge in [-0.2, -0.15) is 0 Å². The second-order valence-corrected chi connectivity index (χ2v) is 4.79. The van der Waals surface area contributed by atoms with Gasteiger partial charge in [-0.05, 0) is 12.1 Å². The van der Waals surface area contributed by atoms with E-state index in [1.165, 1.54) is 0 Å². The molecule has 0 bridgehead atoms. The van der Waals surface area contributed by atoms with Crippen LogP contribution < -0.4 is 15.4 Å². The molecule has 2 heterocycles. The van der Waals surface area contributed by atoms with Gasteiger partial charge in [-0.1, -0.05) is 12.1 Å². The maximum Gasteiger partial charge on any atom is 0.134 e. The Morgan fingerprint density at radius 3 is 3.15 bits per heavy atom. The summed E-state index contributed by atoms with van der Waals surface area (Å²) in [4.78, 5) is 4.42. The van der Waals surface area contributed by atoms with E-state index in [0.717, 1.165) is 48.6 Å². The standard InChI is InChI=1S/C15H19N3O2/c1-19-14-4-2-3-13-12(14)5-6-17-15(13)18-10-11-9-16-7-8-20-11/h2-6,11,16H,7-10H2,1H3,(H,17,18). The van der Waals surface area contributed by atoms with Gasteiger partial charge in [0.1, 0.15) is 11.6 Å². The number of anilines is 1. The molecule has 1 atom stereocenters. The van der Waals surface area contributed by atoms with E-state index in [2.05, 4.69) is 15.6 Å². The van der Waals surface area contributed by atoms with Crippen LogP contribution in [-0.4, -0.2) is 44.4 Å². The van der Waals surface area contributed by atoms with Crippen molar-refractivity contribution in [2.24, 2.45) is 0 Å². The first kappa shape index (κ1) is 13.1. The van der Waals surface area contributed by atoms with Crippen LogP contribution in [0.25, 0.3) is 10.8 Å². The maximum absolute atomic E-state index is 5.68. The second kappa shape index (κ2) is 6.07. The molecule has 2 N–H and O–H groups in total. The highest BCUT2D eigenvalue weighted by atomic mass is 16.5. The molecule has 0 aliphatic carbocycles. The van der Waals surface area contributed by atoms with Crippen LogP contribution in [0.5, 0.6) is 5.75 Å². The number of hydrogen-bond donors (Lipinski definition) is 2. The summed E-state index contributed by atoms with van der Waals surface area (Å²) in [7, 11) is 1.68. The molecular weight excluding hydrogens is 254 g/mol. The van der Waals surface area contributed by atoms with E-state index < -0.39 is 0 Å². The quantitative estimate of drug-likeness (QED) is 0.887. The van der Waals surface area contributed by atoms with E-state index in [1.807, 2.05) is 24.3 Å². The molecular formula is C15H19N3O2. The number of aromatic nitrogens is 1. The summed E-state index contributed by atoms with van der Waals surface area (Å²) in [6.45, 7) is 3.32. The molecule has 0 spiro atoms. The minimum absolute atomic E-state index is 0.186. The van der Waals surface area contributed by atoms with Crippen LogP contribution in [0, 0.1) is 0 Å². The lowest BCUT2D eigenvalue weighted by molar-refractivity contribution is 0.0372. The van der Waals surface area contributed by atoms with Crippen LogP contribution in [0.1, 0.15) is 0 Å². The topological polar surface area (TPSA) is 55.4 Å². The molecule has 1 saturated heterocycles. The molecule has 5 heteroatoms. The van der Waals surface area contributed by atoms with Gasteiger partial charge < -0.3 is 20.1 Å². The zero-order valence-corrected chi connectivity index (χ0v) is 11.6. The number of morpholine rings is 1. The summed E-state index contributed by atoms with van der Waals surface area (Å²) in [5.41, 5.74) is 0. The molecule has 0 amide bonds. The van der Waals surface area contributed by atoms with E-state index in [-0.39, 0.29) is 6.10 Å². The highest BCUT2D eigenvalue weighted by Gasteiger charge is 2.14. The predicted octanol–water partition coefficient (Wildman–Crippen LogP) is 1.64. The van der Waals surface area contributed by atoms with Crippen LogP contribution in [0.4, 0.5) is 5.82 Å². The molecule has 1 aromatic carbocycles. The Labute approximate surface area is 118 Å². The number of benzene rings is 1. The van der Waals surface area contributed by atoms with E-state index in [9.17, 15) is 0 Å². The largest absolute Gasteiger partial charge is 0.496 e. The average molecular weight is 273 g/mol. The Kier molecular flexibility index (Phi) is 3.99. The Hall–Kier alpha value is -1.85. The normalized spacial score (nSPS) is 18.9. The smallest absolute Gasteiger partial charge is 0.134 e. The van der Waals surface area contributed by atoms with Crippen molar-refractivity contribution in [2.75, 3.05) is 38.7 Å². The monoisotopic (exact) mass is 273 g/mol. The fraction of sp³-hybridized carbons (Fsp3) is 0.400. The zero-order chi connectivity index (χ0) is 13.8. The van der Waals surface area contributed by atoms with Crippen molar-refractivity contribution in [1.82, 2.24) is 10.3 Å². The lowest BCUT2D eigenvalue weighted by Gasteiger charge is -2.24. The van der Waals surface area contributed by atoms with Gasteiger partial charge in [0.05, 0.1) is 19.8 Å². The highest BCUT2D eigenvalue weighted by molar-refractivity contribution is 5.95. The van der Waals surface area contributed by atoms with Crippen LogP contribution in [0.3, 0.4) is 0 Å². The third-order valence-electron chi connectivity index (χ3n) is 3.49. The molecule has 106 valence electrons. The summed E-state index contributed by atoms with van der Waals surface area (Å²) >= 11 is 0. The van der Waals surface area contributed by atoms with Crippen LogP contribution in [0.15, 0.2) is 30.5 Å². The molecule has 2 aromatic rings. The van der Waals surface area contributed by atoms with Crippen LogP contribution >= 0.6 is 0 Å². The summed E-state index contributed by atoms with van der Waals surface area (Å²) in [6.07, 6.45) is 1.99. The number of methoxy groups -OCH3 is 1. The third kappa shape index (κ3) is 2.69. The summed E-state index contributed by atoms with van der Waals surface area (Å²) < 4.78 is 11.1. The SMILES string of the molecule is COc1cccc2c(NCC3CNCCO3)nccc12. The van der Waals surface area contributed by atoms with Crippen LogP contribution in [0.2, 0.25) is 0 Å². The second-order valence-electron chi connectivity index (χ2n) is 4.79. The first-order valence-corrected chi connectivity index (χ1v) is 6.86. The Balaban J connectivity index is 1.80. The number of pyridine rings is 1. The molecule has 20 heavy (non-hydrogen) atoms. The van der Waals surface area contributed by atoms with Crippen LogP contribution in [-0.2, 0) is 4.74 Å². The lowest BCUT2D eigenvalue weighted by Crippen LogP contribution is -2.42. The lowest BCUT2D eigenvalue weighted by atomic mass is 10.1. The third-order valence-corrected chi connectivity index (χ3v) is 3.49. The number of rotatable bonds is 4. The van der Waals surface area contributed by atoms with Gasteiger partial charge >= 0.3 is 0 Å². The Bertz CT molecular complexity index is 582. The van der Waals surface area contributed by atoms with Crippen molar-refractivity contribution in [2.45, 2.75) is 6.10 Å².